The molecule has 0 spiro atoms. The van der Waals surface area contributed by atoms with Gasteiger partial charge in [0.25, 0.3) is 5.91 Å². The lowest BCUT2D eigenvalue weighted by molar-refractivity contribution is 0.0574. The van der Waals surface area contributed by atoms with Crippen LogP contribution in [0.5, 0.6) is 0 Å². The lowest BCUT2D eigenvalue weighted by atomic mass is 9.97. The van der Waals surface area contributed by atoms with E-state index in [-0.39, 0.29) is 11.9 Å². The van der Waals surface area contributed by atoms with E-state index >= 15 is 0 Å². The van der Waals surface area contributed by atoms with Gasteiger partial charge in [0.05, 0.1) is 5.56 Å². The van der Waals surface area contributed by atoms with Gasteiger partial charge >= 0.3 is 0 Å². The van der Waals surface area contributed by atoms with Crippen molar-refractivity contribution in [1.29, 1.82) is 0 Å². The van der Waals surface area contributed by atoms with Crippen LogP contribution in [0.15, 0.2) is 22.7 Å². The third kappa shape index (κ3) is 2.32. The number of fused-ring (bicyclic) bond motifs is 2. The van der Waals surface area contributed by atoms with E-state index in [1.165, 1.54) is 0 Å². The Bertz CT molecular complexity index is 503. The third-order valence-electron chi connectivity index (χ3n) is 4.36. The Hall–Kier alpha value is -0.870. The highest BCUT2D eigenvalue weighted by molar-refractivity contribution is 9.10. The minimum atomic E-state index is 0.159. The van der Waals surface area contributed by atoms with Crippen LogP contribution in [0.2, 0.25) is 0 Å². The van der Waals surface area contributed by atoms with Crippen LogP contribution in [0.4, 0.5) is 0 Å². The number of amides is 1. The van der Waals surface area contributed by atoms with E-state index in [0.29, 0.717) is 12.1 Å². The molecule has 19 heavy (non-hydrogen) atoms. The van der Waals surface area contributed by atoms with E-state index in [4.69, 9.17) is 5.73 Å². The van der Waals surface area contributed by atoms with Gasteiger partial charge in [0.1, 0.15) is 0 Å². The van der Waals surface area contributed by atoms with E-state index in [9.17, 15) is 4.79 Å². The topological polar surface area (TPSA) is 46.3 Å². The minimum Gasteiger partial charge on any atom is -0.333 e. The van der Waals surface area contributed by atoms with Gasteiger partial charge in [-0.3, -0.25) is 4.79 Å². The molecular weight excluding hydrogens is 304 g/mol. The van der Waals surface area contributed by atoms with Crippen LogP contribution in [-0.2, 0) is 0 Å². The highest BCUT2D eigenvalue weighted by Crippen LogP contribution is 2.37. The van der Waals surface area contributed by atoms with E-state index in [1.807, 2.05) is 25.1 Å². The van der Waals surface area contributed by atoms with Crippen molar-refractivity contribution in [2.75, 3.05) is 0 Å². The zero-order valence-corrected chi connectivity index (χ0v) is 12.7. The van der Waals surface area contributed by atoms with Crippen LogP contribution in [-0.4, -0.2) is 28.9 Å². The summed E-state index contributed by atoms with van der Waals surface area (Å²) in [5.74, 6) is 0.159. The molecule has 0 aromatic heterocycles. The van der Waals surface area contributed by atoms with Gasteiger partial charge in [-0.25, -0.2) is 0 Å². The zero-order valence-electron chi connectivity index (χ0n) is 11.1. The van der Waals surface area contributed by atoms with Crippen molar-refractivity contribution >= 4 is 21.8 Å². The lowest BCUT2D eigenvalue weighted by Gasteiger charge is -2.38. The van der Waals surface area contributed by atoms with Crippen molar-refractivity contribution in [2.24, 2.45) is 5.73 Å². The standard InChI is InChI=1S/C15H19BrN2O/c1-9-2-5-13(14(16)6-9)15(19)18-11-3-4-12(18)8-10(17)7-11/h2,5-6,10-12H,3-4,7-8,17H2,1H3. The number of benzene rings is 1. The first-order chi connectivity index (χ1) is 9.06. The summed E-state index contributed by atoms with van der Waals surface area (Å²) in [7, 11) is 0. The fourth-order valence-electron chi connectivity index (χ4n) is 3.48. The SMILES string of the molecule is Cc1ccc(C(=O)N2C3CCC2CC(N)C3)c(Br)c1. The van der Waals surface area contributed by atoms with Crippen LogP contribution in [0.25, 0.3) is 0 Å². The van der Waals surface area contributed by atoms with Crippen LogP contribution in [0.1, 0.15) is 41.6 Å². The molecule has 0 saturated carbocycles. The molecule has 4 heteroatoms. The number of hydrogen-bond donors (Lipinski definition) is 1. The predicted molar refractivity (Wildman–Crippen MR) is 79.1 cm³/mol. The predicted octanol–water partition coefficient (Wildman–Crippen LogP) is 2.85. The molecule has 2 saturated heterocycles. The molecular formula is C15H19BrN2O. The molecule has 1 amide bonds. The third-order valence-corrected chi connectivity index (χ3v) is 5.02. The van der Waals surface area contributed by atoms with Crippen molar-refractivity contribution in [3.63, 3.8) is 0 Å². The number of hydrogen-bond acceptors (Lipinski definition) is 2. The van der Waals surface area contributed by atoms with Crippen LogP contribution in [0, 0.1) is 6.92 Å². The molecule has 1 aromatic carbocycles. The maximum absolute atomic E-state index is 12.8. The van der Waals surface area contributed by atoms with E-state index in [0.717, 1.165) is 41.3 Å². The monoisotopic (exact) mass is 322 g/mol. The normalized spacial score (nSPS) is 29.6. The Morgan fingerprint density at radius 1 is 1.32 bits per heavy atom. The van der Waals surface area contributed by atoms with Gasteiger partial charge in [0.15, 0.2) is 0 Å². The molecule has 2 N–H and O–H groups in total. The highest BCUT2D eigenvalue weighted by atomic mass is 79.9. The second-order valence-corrected chi connectivity index (χ2v) is 6.67. The van der Waals surface area contributed by atoms with Crippen molar-refractivity contribution in [3.05, 3.63) is 33.8 Å². The number of aryl methyl sites for hydroxylation is 1. The number of halogens is 1. The molecule has 2 heterocycles. The van der Waals surface area contributed by atoms with Gasteiger partial charge in [-0.2, -0.15) is 0 Å². The van der Waals surface area contributed by atoms with Gasteiger partial charge in [-0.15, -0.1) is 0 Å². The van der Waals surface area contributed by atoms with Gasteiger partial charge in [0, 0.05) is 22.6 Å². The summed E-state index contributed by atoms with van der Waals surface area (Å²) >= 11 is 3.51. The molecule has 2 atom stereocenters. The fraction of sp³-hybridized carbons (Fsp3) is 0.533. The molecule has 2 fully saturated rings. The van der Waals surface area contributed by atoms with Crippen molar-refractivity contribution < 1.29 is 4.79 Å². The fourth-order valence-corrected chi connectivity index (χ4v) is 4.15. The first kappa shape index (κ1) is 13.1. The Labute approximate surface area is 122 Å². The second kappa shape index (κ2) is 4.91. The van der Waals surface area contributed by atoms with Crippen molar-refractivity contribution in [3.8, 4) is 0 Å². The summed E-state index contributed by atoms with van der Waals surface area (Å²) < 4.78 is 0.895. The van der Waals surface area contributed by atoms with Gasteiger partial charge in [-0.05, 0) is 66.2 Å². The molecule has 2 bridgehead atoms. The molecule has 2 aliphatic heterocycles. The molecule has 2 unspecified atom stereocenters. The Morgan fingerprint density at radius 3 is 2.53 bits per heavy atom. The Morgan fingerprint density at radius 2 is 1.95 bits per heavy atom. The number of nitrogens with two attached hydrogens (primary N) is 1. The second-order valence-electron chi connectivity index (χ2n) is 5.81. The number of nitrogens with zero attached hydrogens (tertiary/aromatic N) is 1. The first-order valence-corrected chi connectivity index (χ1v) is 7.70. The average Bonchev–Trinajstić information content (AvgIpc) is 2.61. The highest BCUT2D eigenvalue weighted by Gasteiger charge is 2.42. The molecule has 0 aliphatic carbocycles. The van der Waals surface area contributed by atoms with Crippen LogP contribution in [0.3, 0.4) is 0 Å². The summed E-state index contributed by atoms with van der Waals surface area (Å²) in [6.07, 6.45) is 4.11. The molecule has 2 aliphatic rings. The van der Waals surface area contributed by atoms with Crippen molar-refractivity contribution in [2.45, 2.75) is 50.7 Å². The van der Waals surface area contributed by atoms with Gasteiger partial charge < -0.3 is 10.6 Å². The van der Waals surface area contributed by atoms with E-state index < -0.39 is 0 Å². The van der Waals surface area contributed by atoms with Crippen LogP contribution >= 0.6 is 15.9 Å². The summed E-state index contributed by atoms with van der Waals surface area (Å²) in [5.41, 5.74) is 7.99. The van der Waals surface area contributed by atoms with Crippen LogP contribution < -0.4 is 5.73 Å². The largest absolute Gasteiger partial charge is 0.333 e. The van der Waals surface area contributed by atoms with Crippen molar-refractivity contribution in [1.82, 2.24) is 4.90 Å². The lowest BCUT2D eigenvalue weighted by Crippen LogP contribution is -2.50. The van der Waals surface area contributed by atoms with Gasteiger partial charge in [-0.1, -0.05) is 6.07 Å². The first-order valence-electron chi connectivity index (χ1n) is 6.90. The average molecular weight is 323 g/mol. The van der Waals surface area contributed by atoms with E-state index in [1.54, 1.807) is 0 Å². The summed E-state index contributed by atoms with van der Waals surface area (Å²) in [4.78, 5) is 14.8. The Balaban J connectivity index is 1.88. The summed E-state index contributed by atoms with van der Waals surface area (Å²) in [5, 5.41) is 0. The van der Waals surface area contributed by atoms with Gasteiger partial charge in [0.2, 0.25) is 0 Å². The number of piperidine rings is 1. The number of carbonyl (C=O) groups excluding carboxylic acids is 1. The molecule has 3 rings (SSSR count). The summed E-state index contributed by atoms with van der Waals surface area (Å²) in [6, 6.07) is 6.88. The number of rotatable bonds is 1. The minimum absolute atomic E-state index is 0.159. The zero-order chi connectivity index (χ0) is 13.6. The van der Waals surface area contributed by atoms with E-state index in [2.05, 4.69) is 20.8 Å². The molecule has 1 aromatic rings. The summed E-state index contributed by atoms with van der Waals surface area (Å²) in [6.45, 7) is 2.03. The maximum atomic E-state index is 12.8. The quantitative estimate of drug-likeness (QED) is 0.864. The molecule has 3 nitrogen and oxygen atoms in total. The smallest absolute Gasteiger partial charge is 0.255 e. The molecule has 102 valence electrons. The number of carbonyl (C=O) groups is 1. The molecule has 0 radical (unpaired) electrons. The Kier molecular flexibility index (Phi) is 3.39. The maximum Gasteiger partial charge on any atom is 0.255 e.